The Morgan fingerprint density at radius 2 is 1.03 bits per heavy atom. The standard InChI is InChI=1S/C29H30N2O6S2/c1-3-5-15-36-25-11-7-23-19-27(13-9-21(23)17-25)38(32,33)29(31-30)39(34,35)28-14-10-22-18-26(37-16-6-4-2)12-8-24(22)20-28/h7-14,17-20H,3-6,15-16H2,1-2H3. The van der Waals surface area contributed by atoms with E-state index < -0.39 is 24.1 Å². The molecule has 0 heterocycles. The molecule has 204 valence electrons. The summed E-state index contributed by atoms with van der Waals surface area (Å²) >= 11 is 0. The monoisotopic (exact) mass is 566 g/mol. The Hall–Kier alpha value is -3.72. The molecule has 10 heteroatoms. The molecule has 4 rings (SSSR count). The number of unbranched alkanes of at least 4 members (excludes halogenated alkanes) is 2. The van der Waals surface area contributed by atoms with Crippen molar-refractivity contribution in [3.05, 3.63) is 78.3 Å². The van der Waals surface area contributed by atoms with E-state index in [1.165, 1.54) is 24.3 Å². The van der Waals surface area contributed by atoms with E-state index in [4.69, 9.17) is 9.47 Å². The highest BCUT2D eigenvalue weighted by Gasteiger charge is 2.44. The van der Waals surface area contributed by atoms with Crippen LogP contribution in [0.15, 0.2) is 82.6 Å². The highest BCUT2D eigenvalue weighted by molar-refractivity contribution is 8.31. The van der Waals surface area contributed by atoms with Crippen molar-refractivity contribution in [2.24, 2.45) is 0 Å². The molecule has 4 aromatic carbocycles. The van der Waals surface area contributed by atoms with Gasteiger partial charge >= 0.3 is 4.38 Å². The zero-order valence-electron chi connectivity index (χ0n) is 21.8. The van der Waals surface area contributed by atoms with Crippen molar-refractivity contribution < 1.29 is 31.1 Å². The first-order valence-corrected chi connectivity index (χ1v) is 15.7. The number of hydrogen-bond acceptors (Lipinski definition) is 6. The zero-order chi connectivity index (χ0) is 28.0. The maximum Gasteiger partial charge on any atom is 0.504 e. The summed E-state index contributed by atoms with van der Waals surface area (Å²) in [6.45, 7) is 5.28. The van der Waals surface area contributed by atoms with Crippen molar-refractivity contribution in [3.8, 4) is 11.5 Å². The van der Waals surface area contributed by atoms with Crippen LogP contribution in [0.4, 0.5) is 0 Å². The van der Waals surface area contributed by atoms with Crippen molar-refractivity contribution in [1.29, 1.82) is 0 Å². The molecule has 8 nitrogen and oxygen atoms in total. The van der Waals surface area contributed by atoms with Gasteiger partial charge in [-0.25, -0.2) is 16.8 Å². The van der Waals surface area contributed by atoms with Crippen LogP contribution in [-0.4, -0.2) is 39.2 Å². The van der Waals surface area contributed by atoms with Gasteiger partial charge in [-0.1, -0.05) is 51.0 Å². The fourth-order valence-electron chi connectivity index (χ4n) is 4.04. The smallest absolute Gasteiger partial charge is 0.494 e. The fourth-order valence-corrected chi connectivity index (χ4v) is 7.45. The van der Waals surface area contributed by atoms with Gasteiger partial charge in [0.15, 0.2) is 0 Å². The van der Waals surface area contributed by atoms with Crippen molar-refractivity contribution in [2.45, 2.75) is 49.3 Å². The van der Waals surface area contributed by atoms with Crippen LogP contribution < -0.4 is 9.47 Å². The summed E-state index contributed by atoms with van der Waals surface area (Å²) in [5.41, 5.74) is 9.62. The quantitative estimate of drug-likeness (QED) is 0.0742. The molecule has 0 saturated carbocycles. The van der Waals surface area contributed by atoms with Gasteiger partial charge in [0.25, 0.3) is 19.7 Å². The van der Waals surface area contributed by atoms with E-state index in [0.717, 1.165) is 36.5 Å². The molecular weight excluding hydrogens is 536 g/mol. The van der Waals surface area contributed by atoms with Crippen LogP contribution in [-0.2, 0) is 19.7 Å². The first kappa shape index (κ1) is 28.3. The molecule has 0 amide bonds. The Bertz CT molecular complexity index is 1650. The van der Waals surface area contributed by atoms with E-state index in [0.29, 0.717) is 35.5 Å². The summed E-state index contributed by atoms with van der Waals surface area (Å²) in [5, 5.41) is 2.58. The fraction of sp³-hybridized carbons (Fsp3) is 0.276. The first-order valence-electron chi connectivity index (χ1n) is 12.8. The lowest BCUT2D eigenvalue weighted by Crippen LogP contribution is -2.26. The molecule has 0 aliphatic heterocycles. The summed E-state index contributed by atoms with van der Waals surface area (Å²) in [6, 6.07) is 18.8. The molecule has 0 spiro atoms. The predicted octanol–water partition coefficient (Wildman–Crippen LogP) is 6.18. The second kappa shape index (κ2) is 12.0. The van der Waals surface area contributed by atoms with Crippen LogP contribution in [0.2, 0.25) is 0 Å². The van der Waals surface area contributed by atoms with Crippen molar-refractivity contribution in [3.63, 3.8) is 0 Å². The second-order valence-electron chi connectivity index (χ2n) is 9.12. The van der Waals surface area contributed by atoms with Crippen LogP contribution in [0.3, 0.4) is 0 Å². The third-order valence-electron chi connectivity index (χ3n) is 6.26. The number of rotatable bonds is 10. The van der Waals surface area contributed by atoms with E-state index in [2.05, 4.69) is 18.6 Å². The van der Waals surface area contributed by atoms with Gasteiger partial charge in [-0.2, -0.15) is 0 Å². The number of fused-ring (bicyclic) bond motifs is 2. The van der Waals surface area contributed by atoms with Gasteiger partial charge in [0, 0.05) is 0 Å². The number of sulfone groups is 2. The first-order chi connectivity index (χ1) is 18.7. The number of nitrogens with zero attached hydrogens (tertiary/aromatic N) is 2. The average Bonchev–Trinajstić information content (AvgIpc) is 2.92. The maximum atomic E-state index is 13.4. The van der Waals surface area contributed by atoms with Crippen molar-refractivity contribution in [2.75, 3.05) is 13.2 Å². The van der Waals surface area contributed by atoms with E-state index >= 15 is 0 Å². The van der Waals surface area contributed by atoms with E-state index in [1.54, 1.807) is 48.5 Å². The van der Waals surface area contributed by atoms with Gasteiger partial charge in [-0.05, 0) is 82.9 Å². The molecule has 0 aromatic heterocycles. The molecule has 0 radical (unpaired) electrons. The predicted molar refractivity (Wildman–Crippen MR) is 152 cm³/mol. The molecule has 0 unspecified atom stereocenters. The van der Waals surface area contributed by atoms with Crippen molar-refractivity contribution in [1.82, 2.24) is 0 Å². The Morgan fingerprint density at radius 1 is 0.641 bits per heavy atom. The van der Waals surface area contributed by atoms with Gasteiger partial charge in [0.05, 0.1) is 23.0 Å². The van der Waals surface area contributed by atoms with E-state index in [9.17, 15) is 22.4 Å². The largest absolute Gasteiger partial charge is 0.504 e. The third kappa shape index (κ3) is 6.14. The second-order valence-corrected chi connectivity index (χ2v) is 13.1. The summed E-state index contributed by atoms with van der Waals surface area (Å²) in [7, 11) is -9.38. The Morgan fingerprint density at radius 3 is 1.41 bits per heavy atom. The van der Waals surface area contributed by atoms with Crippen LogP contribution in [0.5, 0.6) is 11.5 Å². The van der Waals surface area contributed by atoms with Crippen LogP contribution in [0.25, 0.3) is 27.1 Å². The summed E-state index contributed by atoms with van der Waals surface area (Å²) in [4.78, 5) is 2.15. The summed E-state index contributed by atoms with van der Waals surface area (Å²) in [5.74, 6) is 1.31. The van der Waals surface area contributed by atoms with Gasteiger partial charge in [-0.3, -0.25) is 0 Å². The average molecular weight is 567 g/mol. The zero-order valence-corrected chi connectivity index (χ0v) is 23.5. The number of hydrogen-bond donors (Lipinski definition) is 0. The molecule has 4 aromatic rings. The van der Waals surface area contributed by atoms with Crippen LogP contribution >= 0.6 is 0 Å². The lowest BCUT2D eigenvalue weighted by atomic mass is 10.1. The summed E-state index contributed by atoms with van der Waals surface area (Å²) in [6.07, 6.45) is 3.83. The highest BCUT2D eigenvalue weighted by atomic mass is 32.3. The van der Waals surface area contributed by atoms with Gasteiger partial charge in [0.2, 0.25) is 0 Å². The topological polar surface area (TPSA) is 123 Å². The number of benzene rings is 4. The van der Waals surface area contributed by atoms with Gasteiger partial charge in [-0.15, -0.1) is 4.79 Å². The molecule has 0 atom stereocenters. The lowest BCUT2D eigenvalue weighted by molar-refractivity contribution is 0.00380. The van der Waals surface area contributed by atoms with Crippen LogP contribution in [0.1, 0.15) is 39.5 Å². The Balaban J connectivity index is 1.64. The van der Waals surface area contributed by atoms with E-state index in [1.807, 2.05) is 0 Å². The maximum absolute atomic E-state index is 13.4. The number of ether oxygens (including phenoxy) is 2. The Labute approximate surface area is 228 Å². The van der Waals surface area contributed by atoms with Gasteiger partial charge in [0.1, 0.15) is 11.5 Å². The Kier molecular flexibility index (Phi) is 8.70. The minimum absolute atomic E-state index is 0.305. The molecular formula is C29H30N2O6S2. The normalized spacial score (nSPS) is 11.8. The molecule has 0 aliphatic rings. The van der Waals surface area contributed by atoms with Crippen molar-refractivity contribution >= 4 is 45.6 Å². The molecule has 0 fully saturated rings. The molecule has 0 bridgehead atoms. The SMILES string of the molecule is CCCCOc1ccc2cc(S(=O)(=O)C(=[N+]=[N-])S(=O)(=O)c3ccc4cc(OCCCC)ccc4c3)ccc2c1. The lowest BCUT2D eigenvalue weighted by Gasteiger charge is -2.09. The summed E-state index contributed by atoms with van der Waals surface area (Å²) < 4.78 is 63.6. The molecule has 0 N–H and O–H groups in total. The molecule has 0 saturated heterocycles. The minimum Gasteiger partial charge on any atom is -0.494 e. The minimum atomic E-state index is -4.69. The van der Waals surface area contributed by atoms with Crippen LogP contribution in [0, 0.1) is 0 Å². The molecule has 0 aliphatic carbocycles. The van der Waals surface area contributed by atoms with E-state index in [-0.39, 0.29) is 9.79 Å². The third-order valence-corrected chi connectivity index (χ3v) is 10.4. The van der Waals surface area contributed by atoms with Gasteiger partial charge < -0.3 is 15.0 Å². The highest BCUT2D eigenvalue weighted by Crippen LogP contribution is 2.29. The molecule has 39 heavy (non-hydrogen) atoms.